The Morgan fingerprint density at radius 2 is 1.91 bits per heavy atom. The Balaban J connectivity index is 2.81. The van der Waals surface area contributed by atoms with Crippen LogP contribution in [0.15, 0.2) is 24.3 Å². The van der Waals surface area contributed by atoms with Crippen LogP contribution < -0.4 is 0 Å². The summed E-state index contributed by atoms with van der Waals surface area (Å²) < 4.78 is 4.63. The molecule has 1 rings (SSSR count). The van der Waals surface area contributed by atoms with Gasteiger partial charge < -0.3 is 9.84 Å². The van der Waals surface area contributed by atoms with Gasteiger partial charge in [0.25, 0.3) is 0 Å². The Morgan fingerprint density at radius 1 is 1.36 bits per heavy atom. The molecular formula is C8H9O3. The fourth-order valence-corrected chi connectivity index (χ4v) is 0.769. The molecule has 0 aliphatic heterocycles. The van der Waals surface area contributed by atoms with Crippen molar-refractivity contribution >= 4 is 0 Å². The fraction of sp³-hybridized carbons (Fsp3) is 0.250. The quantitative estimate of drug-likeness (QED) is 0.654. The summed E-state index contributed by atoms with van der Waals surface area (Å²) in [6, 6.07) is 5.85. The maximum Gasteiger partial charge on any atom is 0.180 e. The highest BCUT2D eigenvalue weighted by molar-refractivity contribution is 5.26. The van der Waals surface area contributed by atoms with Crippen LogP contribution in [0.3, 0.4) is 0 Å². The van der Waals surface area contributed by atoms with Crippen molar-refractivity contribution in [2.75, 3.05) is 7.11 Å². The summed E-state index contributed by atoms with van der Waals surface area (Å²) in [5, 5.41) is 19.7. The van der Waals surface area contributed by atoms with Crippen LogP contribution in [-0.4, -0.2) is 12.2 Å². The fourth-order valence-electron chi connectivity index (χ4n) is 0.769. The van der Waals surface area contributed by atoms with E-state index in [2.05, 4.69) is 4.74 Å². The third kappa shape index (κ3) is 1.93. The van der Waals surface area contributed by atoms with Gasteiger partial charge in [0, 0.05) is 12.7 Å². The molecule has 3 heteroatoms. The molecule has 1 aromatic rings. The first-order valence-electron chi connectivity index (χ1n) is 3.22. The molecule has 0 spiro atoms. The molecule has 1 N–H and O–H groups in total. The van der Waals surface area contributed by atoms with Crippen molar-refractivity contribution in [2.24, 2.45) is 0 Å². The minimum absolute atomic E-state index is 0.0722. The molecule has 0 aromatic heterocycles. The number of ether oxygens (including phenoxy) is 1. The van der Waals surface area contributed by atoms with E-state index in [1.165, 1.54) is 31.4 Å². The summed E-state index contributed by atoms with van der Waals surface area (Å²) in [5.41, 5.74) is 0.590. The van der Waals surface area contributed by atoms with E-state index in [9.17, 15) is 5.11 Å². The van der Waals surface area contributed by atoms with Gasteiger partial charge in [0.15, 0.2) is 12.0 Å². The van der Waals surface area contributed by atoms with Crippen LogP contribution in [0, 0.1) is 0 Å². The van der Waals surface area contributed by atoms with Crippen molar-refractivity contribution in [3.05, 3.63) is 29.8 Å². The Morgan fingerprint density at radius 3 is 2.36 bits per heavy atom. The second kappa shape index (κ2) is 3.37. The second-order valence-corrected chi connectivity index (χ2v) is 2.16. The number of methoxy groups -OCH3 is 1. The van der Waals surface area contributed by atoms with Crippen molar-refractivity contribution in [3.8, 4) is 5.75 Å². The molecule has 0 saturated heterocycles. The standard InChI is InChI=1S/C8H9O3/c1-11-8(10)6-2-4-7(9)5-3-6/h2-5,8,10H,1H3. The maximum atomic E-state index is 10.6. The molecule has 0 amide bonds. The van der Waals surface area contributed by atoms with Gasteiger partial charge in [-0.3, -0.25) is 5.11 Å². The van der Waals surface area contributed by atoms with Gasteiger partial charge >= 0.3 is 0 Å². The van der Waals surface area contributed by atoms with Crippen LogP contribution in [0.5, 0.6) is 5.75 Å². The molecule has 59 valence electrons. The summed E-state index contributed by atoms with van der Waals surface area (Å²) in [5.74, 6) is -0.0722. The zero-order valence-corrected chi connectivity index (χ0v) is 6.15. The van der Waals surface area contributed by atoms with Crippen LogP contribution in [0.2, 0.25) is 0 Å². The van der Waals surface area contributed by atoms with E-state index >= 15 is 0 Å². The smallest absolute Gasteiger partial charge is 0.180 e. The molecule has 1 aromatic carbocycles. The molecule has 0 bridgehead atoms. The van der Waals surface area contributed by atoms with Crippen molar-refractivity contribution in [3.63, 3.8) is 0 Å². The van der Waals surface area contributed by atoms with Crippen molar-refractivity contribution < 1.29 is 14.9 Å². The first kappa shape index (κ1) is 8.04. The first-order chi connectivity index (χ1) is 5.24. The third-order valence-corrected chi connectivity index (χ3v) is 1.39. The first-order valence-corrected chi connectivity index (χ1v) is 3.22. The summed E-state index contributed by atoms with van der Waals surface area (Å²) in [6.07, 6.45) is -0.935. The summed E-state index contributed by atoms with van der Waals surface area (Å²) in [7, 11) is 1.40. The number of benzene rings is 1. The van der Waals surface area contributed by atoms with E-state index in [1.54, 1.807) is 0 Å². The van der Waals surface area contributed by atoms with Crippen LogP contribution in [0.4, 0.5) is 0 Å². The molecule has 0 heterocycles. The van der Waals surface area contributed by atoms with Crippen LogP contribution >= 0.6 is 0 Å². The molecule has 1 radical (unpaired) electrons. The Hall–Kier alpha value is -1.06. The van der Waals surface area contributed by atoms with Crippen molar-refractivity contribution in [1.29, 1.82) is 0 Å². The molecule has 0 aliphatic carbocycles. The second-order valence-electron chi connectivity index (χ2n) is 2.16. The van der Waals surface area contributed by atoms with Gasteiger partial charge in [-0.2, -0.15) is 0 Å². The number of hydrogen-bond donors (Lipinski definition) is 1. The van der Waals surface area contributed by atoms with Gasteiger partial charge in [0.1, 0.15) is 0 Å². The lowest BCUT2D eigenvalue weighted by atomic mass is 10.2. The molecule has 0 saturated carbocycles. The van der Waals surface area contributed by atoms with Crippen molar-refractivity contribution in [2.45, 2.75) is 6.29 Å². The summed E-state index contributed by atoms with van der Waals surface area (Å²) in [6.45, 7) is 0. The van der Waals surface area contributed by atoms with Gasteiger partial charge in [-0.05, 0) is 12.1 Å². The van der Waals surface area contributed by atoms with Crippen LogP contribution in [0.25, 0.3) is 0 Å². The van der Waals surface area contributed by atoms with E-state index in [-0.39, 0.29) is 5.75 Å². The molecule has 0 fully saturated rings. The Bertz CT molecular complexity index is 217. The molecule has 1 atom stereocenters. The SMILES string of the molecule is COC(O)c1ccc([O])cc1. The average molecular weight is 153 g/mol. The van der Waals surface area contributed by atoms with Crippen LogP contribution in [-0.2, 0) is 9.84 Å². The predicted molar refractivity (Wildman–Crippen MR) is 38.5 cm³/mol. The Labute approximate surface area is 64.9 Å². The molecular weight excluding hydrogens is 144 g/mol. The zero-order chi connectivity index (χ0) is 8.27. The maximum absolute atomic E-state index is 10.6. The third-order valence-electron chi connectivity index (χ3n) is 1.39. The largest absolute Gasteiger partial charge is 0.364 e. The highest BCUT2D eigenvalue weighted by atomic mass is 16.6. The predicted octanol–water partition coefficient (Wildman–Crippen LogP) is 1.47. The average Bonchev–Trinajstić information content (AvgIpc) is 2.05. The molecule has 0 aliphatic rings. The van der Waals surface area contributed by atoms with E-state index < -0.39 is 6.29 Å². The van der Waals surface area contributed by atoms with E-state index in [0.717, 1.165) is 0 Å². The van der Waals surface area contributed by atoms with Gasteiger partial charge in [0.2, 0.25) is 0 Å². The van der Waals surface area contributed by atoms with Gasteiger partial charge in [-0.25, -0.2) is 0 Å². The highest BCUT2D eigenvalue weighted by Crippen LogP contribution is 2.16. The minimum atomic E-state index is -0.935. The topological polar surface area (TPSA) is 49.4 Å². The minimum Gasteiger partial charge on any atom is -0.364 e. The number of aliphatic hydroxyl groups is 1. The van der Waals surface area contributed by atoms with Gasteiger partial charge in [-0.15, -0.1) is 0 Å². The molecule has 3 nitrogen and oxygen atoms in total. The lowest BCUT2D eigenvalue weighted by molar-refractivity contribution is -0.0769. The normalized spacial score (nSPS) is 12.9. The zero-order valence-electron chi connectivity index (χ0n) is 6.15. The van der Waals surface area contributed by atoms with E-state index in [0.29, 0.717) is 5.56 Å². The lowest BCUT2D eigenvalue weighted by Gasteiger charge is -2.06. The number of rotatable bonds is 2. The number of aliphatic hydroxyl groups excluding tert-OH is 1. The van der Waals surface area contributed by atoms with Gasteiger partial charge in [-0.1, -0.05) is 12.1 Å². The highest BCUT2D eigenvalue weighted by Gasteiger charge is 2.03. The molecule has 1 unspecified atom stereocenters. The Kier molecular flexibility index (Phi) is 2.46. The van der Waals surface area contributed by atoms with E-state index in [1.807, 2.05) is 0 Å². The van der Waals surface area contributed by atoms with Gasteiger partial charge in [0.05, 0.1) is 0 Å². The molecule has 11 heavy (non-hydrogen) atoms. The summed E-state index contributed by atoms with van der Waals surface area (Å²) >= 11 is 0. The lowest BCUT2D eigenvalue weighted by Crippen LogP contribution is -1.98. The van der Waals surface area contributed by atoms with Crippen molar-refractivity contribution in [1.82, 2.24) is 0 Å². The monoisotopic (exact) mass is 153 g/mol. The van der Waals surface area contributed by atoms with E-state index in [4.69, 9.17) is 5.11 Å². The van der Waals surface area contributed by atoms with Crippen LogP contribution in [0.1, 0.15) is 11.9 Å². The number of hydrogen-bond acceptors (Lipinski definition) is 2. The summed E-state index contributed by atoms with van der Waals surface area (Å²) in [4.78, 5) is 0.